The van der Waals surface area contributed by atoms with Crippen molar-refractivity contribution in [2.45, 2.75) is 270 Å². The standard InChI is InChI=1S/C56H107N2O7P/c1-7-10-13-16-19-22-25-27-29-31-34-37-40-43-46-49-56(60)65-54(47-44-41-38-35-32-24-21-18-15-12-9-3)53(52-64-66(61,62)63-51-50-58(4,5)6)57-55(59)48-45-42-39-36-33-30-28-26-23-20-17-14-11-8-2/h19,22,25,27,44,47,53-54H,7-18,20-21,23-24,26,28-43,45-46,48-52H2,1-6H3,(H-,57,59,61,62)/p+1/b22-19+,27-25+,47-44+. The first-order valence-corrected chi connectivity index (χ1v) is 29.3. The van der Waals surface area contributed by atoms with Gasteiger partial charge in [-0.1, -0.05) is 225 Å². The van der Waals surface area contributed by atoms with Crippen LogP contribution in [0.2, 0.25) is 0 Å². The molecule has 2 N–H and O–H groups in total. The minimum absolute atomic E-state index is 0.0401. The second kappa shape index (κ2) is 46.9. The van der Waals surface area contributed by atoms with Crippen molar-refractivity contribution >= 4 is 19.7 Å². The zero-order valence-electron chi connectivity index (χ0n) is 44.2. The summed E-state index contributed by atoms with van der Waals surface area (Å²) in [6.07, 6.45) is 54.1. The van der Waals surface area contributed by atoms with Crippen LogP contribution in [-0.2, 0) is 27.9 Å². The topological polar surface area (TPSA) is 111 Å². The Morgan fingerprint density at radius 2 is 0.909 bits per heavy atom. The second-order valence-corrected chi connectivity index (χ2v) is 21.6. The molecule has 0 aromatic heterocycles. The minimum atomic E-state index is -4.44. The molecule has 66 heavy (non-hydrogen) atoms. The van der Waals surface area contributed by atoms with Crippen LogP contribution in [0.5, 0.6) is 0 Å². The van der Waals surface area contributed by atoms with E-state index in [9.17, 15) is 19.0 Å². The number of hydrogen-bond acceptors (Lipinski definition) is 6. The number of nitrogens with one attached hydrogen (secondary N) is 1. The SMILES string of the molecule is CCCCC/C=C/C=C/CCCCCCCCC(=O)OC(/C=C/CCCCCCCCCCC)C(COP(=O)(O)OCC[N+](C)(C)C)NC(=O)CCCCCCCCCCCCCCCC. The molecule has 0 bridgehead atoms. The molecule has 3 unspecified atom stereocenters. The number of nitrogens with zero attached hydrogens (tertiary/aromatic N) is 1. The summed E-state index contributed by atoms with van der Waals surface area (Å²) < 4.78 is 30.5. The summed E-state index contributed by atoms with van der Waals surface area (Å²) in [5.74, 6) is -0.512. The van der Waals surface area contributed by atoms with Gasteiger partial charge in [-0.3, -0.25) is 18.6 Å². The molecule has 0 radical (unpaired) electrons. The van der Waals surface area contributed by atoms with Crippen LogP contribution in [0, 0.1) is 0 Å². The highest BCUT2D eigenvalue weighted by atomic mass is 31.2. The van der Waals surface area contributed by atoms with Gasteiger partial charge in [0.1, 0.15) is 19.3 Å². The highest BCUT2D eigenvalue weighted by molar-refractivity contribution is 7.47. The van der Waals surface area contributed by atoms with Gasteiger partial charge >= 0.3 is 13.8 Å². The van der Waals surface area contributed by atoms with Crippen LogP contribution in [-0.4, -0.2) is 74.3 Å². The summed E-state index contributed by atoms with van der Waals surface area (Å²) in [5, 5.41) is 3.04. The van der Waals surface area contributed by atoms with Gasteiger partial charge < -0.3 is 19.4 Å². The van der Waals surface area contributed by atoms with Gasteiger partial charge in [0.2, 0.25) is 5.91 Å². The summed E-state index contributed by atoms with van der Waals surface area (Å²) >= 11 is 0. The predicted molar refractivity (Wildman–Crippen MR) is 282 cm³/mol. The molecule has 0 rings (SSSR count). The highest BCUT2D eigenvalue weighted by Gasteiger charge is 2.30. The fraction of sp³-hybridized carbons (Fsp3) is 0.857. The van der Waals surface area contributed by atoms with Crippen molar-refractivity contribution in [2.75, 3.05) is 40.9 Å². The van der Waals surface area contributed by atoms with E-state index in [-0.39, 0.29) is 31.5 Å². The smallest absolute Gasteiger partial charge is 0.456 e. The lowest BCUT2D eigenvalue weighted by molar-refractivity contribution is -0.870. The third-order valence-electron chi connectivity index (χ3n) is 12.4. The van der Waals surface area contributed by atoms with Crippen molar-refractivity contribution in [1.29, 1.82) is 0 Å². The molecule has 0 aliphatic carbocycles. The molecule has 3 atom stereocenters. The zero-order chi connectivity index (χ0) is 48.7. The van der Waals surface area contributed by atoms with Crippen LogP contribution in [0.1, 0.15) is 258 Å². The molecule has 0 saturated heterocycles. The van der Waals surface area contributed by atoms with Gasteiger partial charge in [-0.05, 0) is 57.4 Å². The molecular weight excluding hydrogens is 844 g/mol. The molecule has 0 saturated carbocycles. The van der Waals surface area contributed by atoms with Crippen molar-refractivity contribution in [3.8, 4) is 0 Å². The number of amides is 1. The van der Waals surface area contributed by atoms with Gasteiger partial charge in [0.05, 0.1) is 33.8 Å². The Morgan fingerprint density at radius 3 is 1.36 bits per heavy atom. The maximum Gasteiger partial charge on any atom is 0.472 e. The van der Waals surface area contributed by atoms with E-state index in [1.807, 2.05) is 33.3 Å². The number of quaternary nitrogens is 1. The lowest BCUT2D eigenvalue weighted by atomic mass is 10.0. The number of carbonyl (C=O) groups is 2. The quantitative estimate of drug-likeness (QED) is 0.0156. The van der Waals surface area contributed by atoms with E-state index in [4.69, 9.17) is 13.8 Å². The van der Waals surface area contributed by atoms with Crippen molar-refractivity contribution in [3.63, 3.8) is 0 Å². The van der Waals surface area contributed by atoms with E-state index >= 15 is 0 Å². The normalized spacial score (nSPS) is 14.1. The Bertz CT molecular complexity index is 1230. The number of ether oxygens (including phenoxy) is 1. The second-order valence-electron chi connectivity index (χ2n) is 20.1. The van der Waals surface area contributed by atoms with Crippen LogP contribution in [0.25, 0.3) is 0 Å². The molecule has 0 aromatic carbocycles. The molecule has 0 spiro atoms. The van der Waals surface area contributed by atoms with Crippen LogP contribution in [0.15, 0.2) is 36.5 Å². The summed E-state index contributed by atoms with van der Waals surface area (Å²) in [5.41, 5.74) is 0. The van der Waals surface area contributed by atoms with Crippen molar-refractivity contribution in [1.82, 2.24) is 5.32 Å². The number of rotatable bonds is 50. The molecule has 0 heterocycles. The van der Waals surface area contributed by atoms with Crippen LogP contribution >= 0.6 is 7.82 Å². The molecule has 0 fully saturated rings. The van der Waals surface area contributed by atoms with Gasteiger partial charge in [0, 0.05) is 12.8 Å². The van der Waals surface area contributed by atoms with E-state index in [1.54, 1.807) is 0 Å². The van der Waals surface area contributed by atoms with Crippen LogP contribution < -0.4 is 5.32 Å². The maximum absolute atomic E-state index is 13.5. The fourth-order valence-corrected chi connectivity index (χ4v) is 8.73. The van der Waals surface area contributed by atoms with E-state index in [0.717, 1.165) is 77.0 Å². The number of allylic oxidation sites excluding steroid dienone is 5. The lowest BCUT2D eigenvalue weighted by Crippen LogP contribution is -2.47. The average molecular weight is 952 g/mol. The van der Waals surface area contributed by atoms with Gasteiger partial charge in [-0.2, -0.15) is 0 Å². The fourth-order valence-electron chi connectivity index (χ4n) is 7.99. The number of likely N-dealkylation sites (N-methyl/N-ethyl adjacent to an activating group) is 1. The van der Waals surface area contributed by atoms with Crippen LogP contribution in [0.4, 0.5) is 0 Å². The van der Waals surface area contributed by atoms with E-state index in [0.29, 0.717) is 17.4 Å². The monoisotopic (exact) mass is 952 g/mol. The Morgan fingerprint density at radius 1 is 0.530 bits per heavy atom. The van der Waals surface area contributed by atoms with Gasteiger partial charge in [-0.25, -0.2) is 4.57 Å². The van der Waals surface area contributed by atoms with Gasteiger partial charge in [0.15, 0.2) is 0 Å². The Kier molecular flexibility index (Phi) is 45.7. The lowest BCUT2D eigenvalue weighted by Gasteiger charge is -2.27. The van der Waals surface area contributed by atoms with Gasteiger partial charge in [0.25, 0.3) is 0 Å². The predicted octanol–water partition coefficient (Wildman–Crippen LogP) is 16.4. The molecule has 1 amide bonds. The molecule has 388 valence electrons. The molecular formula is C56H108N2O7P+. The largest absolute Gasteiger partial charge is 0.472 e. The third-order valence-corrected chi connectivity index (χ3v) is 13.3. The highest BCUT2D eigenvalue weighted by Crippen LogP contribution is 2.43. The number of esters is 1. The third kappa shape index (κ3) is 47.3. The van der Waals surface area contributed by atoms with Crippen molar-refractivity contribution in [2.24, 2.45) is 0 Å². The first-order chi connectivity index (χ1) is 31.9. The van der Waals surface area contributed by atoms with E-state index in [2.05, 4.69) is 50.4 Å². The van der Waals surface area contributed by atoms with Crippen molar-refractivity contribution in [3.05, 3.63) is 36.5 Å². The number of phosphoric ester groups is 1. The molecule has 9 nitrogen and oxygen atoms in total. The Balaban J connectivity index is 5.36. The molecule has 0 aliphatic rings. The van der Waals surface area contributed by atoms with E-state index in [1.165, 1.54) is 148 Å². The minimum Gasteiger partial charge on any atom is -0.456 e. The number of unbranched alkanes of at least 4 members (excludes halogenated alkanes) is 31. The summed E-state index contributed by atoms with van der Waals surface area (Å²) in [6.45, 7) is 6.98. The zero-order valence-corrected chi connectivity index (χ0v) is 45.1. The summed E-state index contributed by atoms with van der Waals surface area (Å²) in [4.78, 5) is 37.5. The Hall–Kier alpha value is -1.77. The first-order valence-electron chi connectivity index (χ1n) is 27.8. The molecule has 0 aromatic rings. The van der Waals surface area contributed by atoms with Crippen LogP contribution in [0.3, 0.4) is 0 Å². The number of hydrogen-bond donors (Lipinski definition) is 2. The number of phosphoric acid groups is 1. The molecule has 10 heteroatoms. The van der Waals surface area contributed by atoms with Crippen molar-refractivity contribution < 1.29 is 37.3 Å². The maximum atomic E-state index is 13.5. The number of carbonyl (C=O) groups excluding carboxylic acids is 2. The summed E-state index contributed by atoms with van der Waals surface area (Å²) in [7, 11) is 1.49. The van der Waals surface area contributed by atoms with E-state index < -0.39 is 20.0 Å². The van der Waals surface area contributed by atoms with Gasteiger partial charge in [-0.15, -0.1) is 0 Å². The Labute approximate surface area is 408 Å². The first kappa shape index (κ1) is 64.2. The summed E-state index contributed by atoms with van der Waals surface area (Å²) in [6, 6.07) is -0.847. The molecule has 0 aliphatic heterocycles. The average Bonchev–Trinajstić information content (AvgIpc) is 3.27.